The summed E-state index contributed by atoms with van der Waals surface area (Å²) >= 11 is 1.22. The zero-order valence-corrected chi connectivity index (χ0v) is 23.9. The Balaban J connectivity index is 1.53. The Morgan fingerprint density at radius 3 is 2.57 bits per heavy atom. The van der Waals surface area contributed by atoms with Gasteiger partial charge in [-0.1, -0.05) is 47.7 Å². The van der Waals surface area contributed by atoms with Crippen LogP contribution >= 0.6 is 11.3 Å². The molecule has 0 saturated heterocycles. The van der Waals surface area contributed by atoms with Gasteiger partial charge < -0.3 is 14.2 Å². The van der Waals surface area contributed by atoms with Crippen LogP contribution in [0, 0.1) is 10.1 Å². The summed E-state index contributed by atoms with van der Waals surface area (Å²) in [5.41, 5.74) is 2.32. The van der Waals surface area contributed by atoms with Crippen LogP contribution in [-0.4, -0.2) is 29.2 Å². The first-order valence-electron chi connectivity index (χ1n) is 13.1. The number of esters is 1. The molecule has 3 aromatic carbocycles. The van der Waals surface area contributed by atoms with Crippen LogP contribution in [0.2, 0.25) is 0 Å². The standard InChI is InChI=1S/C31H27N3O7S/c1-4-40-30(36)27-19(2)32-31-33(28(27)21-12-14-23(39-3)15-13-21)29(35)26(42-31)17-20-8-7-10-24(16-20)41-18-22-9-5-6-11-25(22)34(37)38/h5-17,28H,4,18H2,1-3H3/b26-17-/t28-/m1/s1. The number of methoxy groups -OCH3 is 1. The normalized spacial score (nSPS) is 14.6. The molecule has 0 aliphatic carbocycles. The molecule has 42 heavy (non-hydrogen) atoms. The molecule has 4 aromatic rings. The summed E-state index contributed by atoms with van der Waals surface area (Å²) < 4.78 is 18.4. The number of benzene rings is 3. The molecular weight excluding hydrogens is 558 g/mol. The first kappa shape index (κ1) is 28.5. The minimum atomic E-state index is -0.732. The summed E-state index contributed by atoms with van der Waals surface area (Å²) in [6.07, 6.45) is 1.73. The highest BCUT2D eigenvalue weighted by molar-refractivity contribution is 7.07. The number of aromatic nitrogens is 1. The molecule has 0 radical (unpaired) electrons. The van der Waals surface area contributed by atoms with Crippen molar-refractivity contribution < 1.29 is 23.9 Å². The highest BCUT2D eigenvalue weighted by Crippen LogP contribution is 2.31. The van der Waals surface area contributed by atoms with E-state index >= 15 is 0 Å². The fourth-order valence-corrected chi connectivity index (χ4v) is 5.76. The number of allylic oxidation sites excluding steroid dienone is 1. The van der Waals surface area contributed by atoms with Crippen molar-refractivity contribution in [3.63, 3.8) is 0 Å². The smallest absolute Gasteiger partial charge is 0.338 e. The van der Waals surface area contributed by atoms with Gasteiger partial charge in [0.25, 0.3) is 11.2 Å². The monoisotopic (exact) mass is 585 g/mol. The second kappa shape index (κ2) is 12.2. The summed E-state index contributed by atoms with van der Waals surface area (Å²) in [5, 5.41) is 11.3. The van der Waals surface area contributed by atoms with Gasteiger partial charge in [-0.15, -0.1) is 0 Å². The largest absolute Gasteiger partial charge is 0.497 e. The van der Waals surface area contributed by atoms with Crippen molar-refractivity contribution in [2.45, 2.75) is 26.5 Å². The molecule has 11 heteroatoms. The average molecular weight is 586 g/mol. The molecule has 0 spiro atoms. The topological polar surface area (TPSA) is 122 Å². The fraction of sp³-hybridized carbons (Fsp3) is 0.194. The molecule has 5 rings (SSSR count). The Bertz CT molecular complexity index is 1870. The number of carbonyl (C=O) groups excluding carboxylic acids is 1. The number of nitro benzene ring substituents is 1. The number of carbonyl (C=O) groups is 1. The molecule has 0 unspecified atom stereocenters. The molecule has 1 aromatic heterocycles. The van der Waals surface area contributed by atoms with Crippen LogP contribution in [0.3, 0.4) is 0 Å². The molecule has 0 fully saturated rings. The van der Waals surface area contributed by atoms with Crippen LogP contribution < -0.4 is 24.4 Å². The Kier molecular flexibility index (Phi) is 8.30. The third-order valence-electron chi connectivity index (χ3n) is 6.69. The molecule has 1 aliphatic rings. The number of fused-ring (bicyclic) bond motifs is 1. The number of nitrogens with zero attached hydrogens (tertiary/aromatic N) is 3. The van der Waals surface area contributed by atoms with Gasteiger partial charge in [0, 0.05) is 6.07 Å². The molecule has 0 amide bonds. The predicted octanol–water partition coefficient (Wildman–Crippen LogP) is 4.29. The van der Waals surface area contributed by atoms with E-state index in [1.54, 1.807) is 75.6 Å². The SMILES string of the molecule is CCOC(=O)C1=C(C)N=c2s/c(=C\c3cccc(OCc4ccccc4[N+](=O)[O-])c3)c(=O)n2[C@@H]1c1ccc(OC)cc1. The Morgan fingerprint density at radius 2 is 1.86 bits per heavy atom. The third-order valence-corrected chi connectivity index (χ3v) is 7.67. The van der Waals surface area contributed by atoms with E-state index in [0.717, 1.165) is 0 Å². The second-order valence-electron chi connectivity index (χ2n) is 9.32. The number of thiazole rings is 1. The van der Waals surface area contributed by atoms with E-state index in [0.29, 0.717) is 48.8 Å². The summed E-state index contributed by atoms with van der Waals surface area (Å²) in [7, 11) is 1.57. The van der Waals surface area contributed by atoms with Crippen molar-refractivity contribution in [2.24, 2.45) is 4.99 Å². The van der Waals surface area contributed by atoms with E-state index in [4.69, 9.17) is 14.2 Å². The first-order chi connectivity index (χ1) is 20.3. The van der Waals surface area contributed by atoms with Gasteiger partial charge in [0.15, 0.2) is 4.80 Å². The van der Waals surface area contributed by atoms with Crippen LogP contribution in [0.25, 0.3) is 6.08 Å². The summed E-state index contributed by atoms with van der Waals surface area (Å²) in [6, 6.07) is 20.0. The minimum Gasteiger partial charge on any atom is -0.497 e. The van der Waals surface area contributed by atoms with Gasteiger partial charge in [-0.25, -0.2) is 9.79 Å². The molecule has 0 saturated carbocycles. The number of hydrogen-bond donors (Lipinski definition) is 0. The Labute approximate surface area is 244 Å². The van der Waals surface area contributed by atoms with E-state index in [1.807, 2.05) is 18.2 Å². The molecule has 0 bridgehead atoms. The lowest BCUT2D eigenvalue weighted by Gasteiger charge is -2.24. The molecule has 214 valence electrons. The van der Waals surface area contributed by atoms with Gasteiger partial charge in [0.05, 0.1) is 46.0 Å². The van der Waals surface area contributed by atoms with Crippen molar-refractivity contribution in [1.82, 2.24) is 4.57 Å². The van der Waals surface area contributed by atoms with Gasteiger partial charge in [-0.3, -0.25) is 19.5 Å². The fourth-order valence-electron chi connectivity index (χ4n) is 4.71. The Hall–Kier alpha value is -5.03. The lowest BCUT2D eigenvalue weighted by Crippen LogP contribution is -2.39. The van der Waals surface area contributed by atoms with Gasteiger partial charge in [-0.05, 0) is 61.4 Å². The number of ether oxygens (including phenoxy) is 3. The van der Waals surface area contributed by atoms with Crippen LogP contribution in [0.4, 0.5) is 5.69 Å². The van der Waals surface area contributed by atoms with E-state index in [-0.39, 0.29) is 24.5 Å². The molecule has 10 nitrogen and oxygen atoms in total. The average Bonchev–Trinajstić information content (AvgIpc) is 3.29. The maximum absolute atomic E-state index is 13.8. The lowest BCUT2D eigenvalue weighted by molar-refractivity contribution is -0.385. The van der Waals surface area contributed by atoms with Gasteiger partial charge in [-0.2, -0.15) is 0 Å². The Morgan fingerprint density at radius 1 is 1.10 bits per heavy atom. The number of para-hydroxylation sites is 1. The van der Waals surface area contributed by atoms with Gasteiger partial charge in [0.1, 0.15) is 18.1 Å². The summed E-state index contributed by atoms with van der Waals surface area (Å²) in [6.45, 7) is 3.66. The highest BCUT2D eigenvalue weighted by Gasteiger charge is 2.33. The maximum Gasteiger partial charge on any atom is 0.338 e. The predicted molar refractivity (Wildman–Crippen MR) is 157 cm³/mol. The number of nitro groups is 1. The van der Waals surface area contributed by atoms with Crippen molar-refractivity contribution in [3.8, 4) is 11.5 Å². The van der Waals surface area contributed by atoms with Crippen molar-refractivity contribution in [1.29, 1.82) is 0 Å². The maximum atomic E-state index is 13.8. The number of rotatable bonds is 9. The zero-order valence-electron chi connectivity index (χ0n) is 23.1. The zero-order chi connectivity index (χ0) is 29.8. The molecular formula is C31H27N3O7S. The van der Waals surface area contributed by atoms with E-state index in [2.05, 4.69) is 4.99 Å². The van der Waals surface area contributed by atoms with Crippen molar-refractivity contribution >= 4 is 29.1 Å². The molecule has 1 atom stereocenters. The van der Waals surface area contributed by atoms with Crippen molar-refractivity contribution in [2.75, 3.05) is 13.7 Å². The second-order valence-corrected chi connectivity index (χ2v) is 10.3. The quantitative estimate of drug-likeness (QED) is 0.163. The van der Waals surface area contributed by atoms with E-state index in [1.165, 1.54) is 22.0 Å². The van der Waals surface area contributed by atoms with Crippen LogP contribution in [0.5, 0.6) is 11.5 Å². The summed E-state index contributed by atoms with van der Waals surface area (Å²) in [4.78, 5) is 42.9. The van der Waals surface area contributed by atoms with Crippen molar-refractivity contribution in [3.05, 3.63) is 131 Å². The lowest BCUT2D eigenvalue weighted by atomic mass is 9.96. The highest BCUT2D eigenvalue weighted by atomic mass is 32.1. The number of hydrogen-bond acceptors (Lipinski definition) is 9. The van der Waals surface area contributed by atoms with Crippen LogP contribution in [0.1, 0.15) is 36.6 Å². The first-order valence-corrected chi connectivity index (χ1v) is 13.9. The molecule has 2 heterocycles. The van der Waals surface area contributed by atoms with E-state index < -0.39 is 16.9 Å². The minimum absolute atomic E-state index is 0.0145. The van der Waals surface area contributed by atoms with Gasteiger partial charge in [0.2, 0.25) is 0 Å². The summed E-state index contributed by atoms with van der Waals surface area (Å²) in [5.74, 6) is 0.608. The van der Waals surface area contributed by atoms with Crippen LogP contribution in [-0.2, 0) is 16.1 Å². The van der Waals surface area contributed by atoms with E-state index in [9.17, 15) is 19.7 Å². The molecule has 0 N–H and O–H groups in total. The molecule has 1 aliphatic heterocycles. The van der Waals surface area contributed by atoms with Gasteiger partial charge >= 0.3 is 5.97 Å². The third kappa shape index (κ3) is 5.72. The van der Waals surface area contributed by atoms with Crippen LogP contribution in [0.15, 0.2) is 93.9 Å².